The largest absolute Gasteiger partial charge is 0.480 e. The summed E-state index contributed by atoms with van der Waals surface area (Å²) >= 11 is 0. The third-order valence-corrected chi connectivity index (χ3v) is 0.923. The molecule has 58 valence electrons. The van der Waals surface area contributed by atoms with Crippen molar-refractivity contribution in [2.24, 2.45) is 0 Å². The molecular formula is C4H10BNO4. The highest BCUT2D eigenvalue weighted by molar-refractivity contribution is 6.46. The van der Waals surface area contributed by atoms with Crippen LogP contribution >= 0.6 is 0 Å². The Morgan fingerprint density at radius 3 is 2.40 bits per heavy atom. The maximum Gasteiger partial charge on any atom is 0.374 e. The number of aliphatic hydroxyl groups excluding tert-OH is 1. The van der Waals surface area contributed by atoms with E-state index in [0.717, 1.165) is 0 Å². The summed E-state index contributed by atoms with van der Waals surface area (Å²) < 4.78 is 0. The van der Waals surface area contributed by atoms with Gasteiger partial charge in [-0.2, -0.15) is 0 Å². The molecule has 0 aliphatic heterocycles. The second-order valence-electron chi connectivity index (χ2n) is 1.92. The molecule has 0 saturated carbocycles. The first-order valence-electron chi connectivity index (χ1n) is 2.85. The molecule has 0 unspecified atom stereocenters. The van der Waals surface area contributed by atoms with Gasteiger partial charge in [0.25, 0.3) is 0 Å². The number of nitrogens with one attached hydrogen (secondary N) is 1. The molecule has 0 radical (unpaired) electrons. The highest BCUT2D eigenvalue weighted by Crippen LogP contribution is 1.81. The lowest BCUT2D eigenvalue weighted by Crippen LogP contribution is -2.46. The summed E-state index contributed by atoms with van der Waals surface area (Å²) in [5.74, 6) is -1.18. The molecule has 0 aromatic carbocycles. The Labute approximate surface area is 58.8 Å². The van der Waals surface area contributed by atoms with Gasteiger partial charge in [-0.3, -0.25) is 4.79 Å². The zero-order valence-electron chi connectivity index (χ0n) is 5.61. The monoisotopic (exact) mass is 147 g/mol. The molecule has 6 heteroatoms. The van der Waals surface area contributed by atoms with Crippen LogP contribution in [0.2, 0.25) is 6.82 Å². The van der Waals surface area contributed by atoms with Gasteiger partial charge in [0.05, 0.1) is 6.61 Å². The number of hydrogen-bond acceptors (Lipinski definition) is 4. The number of aliphatic hydroxyl groups is 1. The van der Waals surface area contributed by atoms with E-state index in [9.17, 15) is 4.79 Å². The lowest BCUT2D eigenvalue weighted by Gasteiger charge is -2.10. The van der Waals surface area contributed by atoms with Crippen LogP contribution in [0.5, 0.6) is 0 Å². The second kappa shape index (κ2) is 4.27. The van der Waals surface area contributed by atoms with Crippen molar-refractivity contribution in [2.75, 3.05) is 6.61 Å². The van der Waals surface area contributed by atoms with E-state index in [0.29, 0.717) is 0 Å². The zero-order chi connectivity index (χ0) is 8.15. The highest BCUT2D eigenvalue weighted by Gasteiger charge is 2.18. The van der Waals surface area contributed by atoms with Gasteiger partial charge < -0.3 is 20.5 Å². The van der Waals surface area contributed by atoms with E-state index in [-0.39, 0.29) is 0 Å². The molecule has 4 N–H and O–H groups in total. The molecule has 0 spiro atoms. The van der Waals surface area contributed by atoms with Gasteiger partial charge in [-0.05, 0) is 6.82 Å². The Morgan fingerprint density at radius 1 is 1.80 bits per heavy atom. The van der Waals surface area contributed by atoms with E-state index in [1.54, 1.807) is 0 Å². The van der Waals surface area contributed by atoms with Crippen molar-refractivity contribution in [1.29, 1.82) is 0 Å². The molecule has 0 bridgehead atoms. The Bertz CT molecular complexity index is 118. The number of carboxylic acid groups (broad SMARTS) is 1. The van der Waals surface area contributed by atoms with E-state index in [2.05, 4.69) is 5.23 Å². The van der Waals surface area contributed by atoms with Crippen LogP contribution in [0, 0.1) is 0 Å². The van der Waals surface area contributed by atoms with Gasteiger partial charge in [0, 0.05) is 0 Å². The molecule has 0 aromatic heterocycles. The molecule has 0 heterocycles. The predicted octanol–water partition coefficient (Wildman–Crippen LogP) is -1.87. The van der Waals surface area contributed by atoms with E-state index in [1.165, 1.54) is 6.82 Å². The van der Waals surface area contributed by atoms with Crippen molar-refractivity contribution < 1.29 is 20.0 Å². The summed E-state index contributed by atoms with van der Waals surface area (Å²) in [5, 5.41) is 27.5. The van der Waals surface area contributed by atoms with Gasteiger partial charge >= 0.3 is 13.0 Å². The fraction of sp³-hybridized carbons (Fsp3) is 0.750. The van der Waals surface area contributed by atoms with E-state index in [4.69, 9.17) is 15.2 Å². The summed E-state index contributed by atoms with van der Waals surface area (Å²) in [6.45, 7) is 0.853. The third-order valence-electron chi connectivity index (χ3n) is 0.923. The molecule has 0 amide bonds. The minimum atomic E-state index is -1.18. The van der Waals surface area contributed by atoms with Crippen LogP contribution < -0.4 is 5.23 Å². The Kier molecular flexibility index (Phi) is 4.02. The maximum atomic E-state index is 10.1. The van der Waals surface area contributed by atoms with Crippen molar-refractivity contribution in [3.8, 4) is 0 Å². The van der Waals surface area contributed by atoms with Crippen LogP contribution in [0.1, 0.15) is 0 Å². The molecule has 0 aromatic rings. The smallest absolute Gasteiger partial charge is 0.374 e. The molecule has 1 atom stereocenters. The first-order chi connectivity index (χ1) is 4.57. The lowest BCUT2D eigenvalue weighted by molar-refractivity contribution is -0.140. The summed E-state index contributed by atoms with van der Waals surface area (Å²) in [5.41, 5.74) is 0. The minimum Gasteiger partial charge on any atom is -0.480 e. The van der Waals surface area contributed by atoms with Gasteiger partial charge in [-0.25, -0.2) is 0 Å². The van der Waals surface area contributed by atoms with Crippen molar-refractivity contribution in [3.05, 3.63) is 0 Å². The predicted molar refractivity (Wildman–Crippen MR) is 35.5 cm³/mol. The van der Waals surface area contributed by atoms with Crippen LogP contribution in [0.25, 0.3) is 0 Å². The number of hydrogen-bond donors (Lipinski definition) is 4. The van der Waals surface area contributed by atoms with E-state index >= 15 is 0 Å². The average Bonchev–Trinajstić information content (AvgIpc) is 1.81. The molecule has 0 rings (SSSR count). The summed E-state index contributed by atoms with van der Waals surface area (Å²) in [7, 11) is -0.923. The second-order valence-corrected chi connectivity index (χ2v) is 1.92. The molecule has 0 fully saturated rings. The van der Waals surface area contributed by atoms with Crippen LogP contribution in [0.15, 0.2) is 0 Å². The average molecular weight is 147 g/mol. The minimum absolute atomic E-state index is 0.528. The summed E-state index contributed by atoms with van der Waals surface area (Å²) in [4.78, 5) is 10.1. The zero-order valence-corrected chi connectivity index (χ0v) is 5.61. The maximum absolute atomic E-state index is 10.1. The van der Waals surface area contributed by atoms with Crippen LogP contribution in [-0.2, 0) is 4.79 Å². The lowest BCUT2D eigenvalue weighted by atomic mass is 9.87. The molecule has 10 heavy (non-hydrogen) atoms. The molecule has 5 nitrogen and oxygen atoms in total. The highest BCUT2D eigenvalue weighted by atomic mass is 16.4. The van der Waals surface area contributed by atoms with Gasteiger partial charge in [-0.1, -0.05) is 0 Å². The van der Waals surface area contributed by atoms with Gasteiger partial charge in [0.2, 0.25) is 0 Å². The van der Waals surface area contributed by atoms with Crippen LogP contribution in [-0.4, -0.2) is 40.9 Å². The van der Waals surface area contributed by atoms with Crippen LogP contribution in [0.4, 0.5) is 0 Å². The van der Waals surface area contributed by atoms with Crippen molar-refractivity contribution in [2.45, 2.75) is 12.9 Å². The fourth-order valence-corrected chi connectivity index (χ4v) is 0.493. The number of aliphatic carboxylic acids is 1. The quantitative estimate of drug-likeness (QED) is 0.350. The number of carbonyl (C=O) groups is 1. The normalized spacial score (nSPS) is 12.7. The molecule has 0 aliphatic carbocycles. The number of rotatable bonds is 4. The Morgan fingerprint density at radius 2 is 2.30 bits per heavy atom. The van der Waals surface area contributed by atoms with Crippen molar-refractivity contribution >= 4 is 13.0 Å². The first kappa shape index (κ1) is 9.41. The summed E-state index contributed by atoms with van der Waals surface area (Å²) in [6, 6.07) is -1.08. The first-order valence-corrected chi connectivity index (χ1v) is 2.85. The SMILES string of the molecule is CB(O)N[C@@H](CO)C(=O)O. The van der Waals surface area contributed by atoms with Gasteiger partial charge in [-0.15, -0.1) is 0 Å². The van der Waals surface area contributed by atoms with Gasteiger partial charge in [0.1, 0.15) is 6.04 Å². The Balaban J connectivity index is 3.72. The molecule has 0 saturated heterocycles. The van der Waals surface area contributed by atoms with E-state index < -0.39 is 25.7 Å². The van der Waals surface area contributed by atoms with E-state index in [1.807, 2.05) is 0 Å². The Hall–Kier alpha value is -0.585. The standard InChI is InChI=1S/C4H10BNO4/c1-5(10)6-3(2-7)4(8)9/h3,6-7,10H,2H2,1H3,(H,8,9)/t3-/m0/s1. The third kappa shape index (κ3) is 3.44. The number of carboxylic acids is 1. The summed E-state index contributed by atoms with van der Waals surface area (Å²) in [6.07, 6.45) is 0. The van der Waals surface area contributed by atoms with Crippen LogP contribution in [0.3, 0.4) is 0 Å². The fourth-order valence-electron chi connectivity index (χ4n) is 0.493. The molecular weight excluding hydrogens is 137 g/mol. The van der Waals surface area contributed by atoms with Gasteiger partial charge in [0.15, 0.2) is 0 Å². The topological polar surface area (TPSA) is 89.8 Å². The van der Waals surface area contributed by atoms with Crippen molar-refractivity contribution in [3.63, 3.8) is 0 Å². The van der Waals surface area contributed by atoms with Crippen molar-refractivity contribution in [1.82, 2.24) is 5.23 Å². The molecule has 0 aliphatic rings.